The van der Waals surface area contributed by atoms with Crippen LogP contribution in [0.4, 0.5) is 0 Å². The van der Waals surface area contributed by atoms with Gasteiger partial charge in [-0.15, -0.1) is 0 Å². The van der Waals surface area contributed by atoms with Crippen molar-refractivity contribution < 1.29 is 0 Å². The molecular weight excluding hydrogens is 1010 g/mol. The fourth-order valence-electron chi connectivity index (χ4n) is 17.3. The van der Waals surface area contributed by atoms with Gasteiger partial charge in [-0.05, 0) is 159 Å². The van der Waals surface area contributed by atoms with Crippen molar-refractivity contribution >= 4 is 22.3 Å². The van der Waals surface area contributed by atoms with Gasteiger partial charge >= 0.3 is 0 Å². The number of benzene rings is 12. The molecule has 0 nitrogen and oxygen atoms in total. The maximum atomic E-state index is 2.57. The molecule has 0 radical (unpaired) electrons. The number of fused-ring (bicyclic) bond motifs is 9. The first-order valence-corrected chi connectivity index (χ1v) is 30.2. The lowest BCUT2D eigenvalue weighted by molar-refractivity contribution is 0.758. The maximum absolute atomic E-state index is 2.57. The Bertz CT molecular complexity index is 4140. The molecule has 0 heterocycles. The normalized spacial score (nSPS) is 16.7. The second-order valence-electron chi connectivity index (χ2n) is 23.8. The molecule has 4 bridgehead atoms. The average molecular weight is 1070 g/mol. The summed E-state index contributed by atoms with van der Waals surface area (Å²) >= 11 is 0. The Morgan fingerprint density at radius 3 is 0.667 bits per heavy atom. The van der Waals surface area contributed by atoms with Crippen LogP contribution in [0.1, 0.15) is 111 Å². The first-order valence-electron chi connectivity index (χ1n) is 30.2. The zero-order chi connectivity index (χ0) is 55.5. The summed E-state index contributed by atoms with van der Waals surface area (Å²) in [4.78, 5) is 0. The van der Waals surface area contributed by atoms with Crippen LogP contribution < -0.4 is 0 Å². The Morgan fingerprint density at radius 2 is 0.393 bits per heavy atom. The van der Waals surface area contributed by atoms with Crippen LogP contribution in [0.5, 0.6) is 0 Å². The van der Waals surface area contributed by atoms with Gasteiger partial charge in [0.1, 0.15) is 0 Å². The summed E-state index contributed by atoms with van der Waals surface area (Å²) in [6.45, 7) is 0. The Morgan fingerprint density at radius 1 is 0.179 bits per heavy atom. The fraction of sp³-hybridized carbons (Fsp3) is 0.0952. The molecule has 0 N–H and O–H groups in total. The van der Waals surface area contributed by atoms with Crippen molar-refractivity contribution in [1.29, 1.82) is 0 Å². The number of aryl methyl sites for hydroxylation is 4. The first kappa shape index (κ1) is 48.8. The van der Waals surface area contributed by atoms with Crippen LogP contribution in [0.2, 0.25) is 0 Å². The average Bonchev–Trinajstić information content (AvgIpc) is 1.61. The summed E-state index contributed by atoms with van der Waals surface area (Å²) in [6.07, 6.45) is 3.35. The Balaban J connectivity index is 1.01. The molecule has 84 heavy (non-hydrogen) atoms. The molecule has 12 aromatic carbocycles. The third-order valence-electron chi connectivity index (χ3n) is 20.2. The molecule has 396 valence electrons. The molecule has 12 aromatic rings. The van der Waals surface area contributed by atoms with Gasteiger partial charge in [-0.25, -0.2) is 0 Å². The minimum Gasteiger partial charge on any atom is -0.0622 e. The summed E-state index contributed by atoms with van der Waals surface area (Å²) in [7, 11) is 0. The lowest BCUT2D eigenvalue weighted by atomic mass is 9.61. The summed E-state index contributed by atoms with van der Waals surface area (Å²) in [5.41, 5.74) is 30.1. The Kier molecular flexibility index (Phi) is 10.9. The highest BCUT2D eigenvalue weighted by molar-refractivity contribution is 6.18. The smallest absolute Gasteiger partial charge is 0.0622 e. The van der Waals surface area contributed by atoms with Gasteiger partial charge in [0.05, 0.1) is 21.7 Å². The van der Waals surface area contributed by atoms with Crippen LogP contribution in [-0.4, -0.2) is 0 Å². The molecule has 0 saturated heterocycles. The highest BCUT2D eigenvalue weighted by atomic mass is 14.6. The van der Waals surface area contributed by atoms with Gasteiger partial charge in [0.2, 0.25) is 0 Å². The summed E-state index contributed by atoms with van der Waals surface area (Å²) in [5, 5.41) is 0. The van der Waals surface area contributed by atoms with Crippen LogP contribution in [0.3, 0.4) is 0 Å². The van der Waals surface area contributed by atoms with Crippen molar-refractivity contribution in [3.63, 3.8) is 0 Å². The van der Waals surface area contributed by atoms with E-state index in [-0.39, 0.29) is 0 Å². The quantitative estimate of drug-likeness (QED) is 0.142. The molecule has 0 amide bonds. The topological polar surface area (TPSA) is 0 Å². The van der Waals surface area contributed by atoms with Gasteiger partial charge in [0.25, 0.3) is 0 Å². The van der Waals surface area contributed by atoms with E-state index in [9.17, 15) is 0 Å². The van der Waals surface area contributed by atoms with Gasteiger partial charge in [-0.2, -0.15) is 0 Å². The molecule has 0 unspecified atom stereocenters. The monoisotopic (exact) mass is 1070 g/mol. The van der Waals surface area contributed by atoms with Crippen LogP contribution in [0.15, 0.2) is 315 Å². The van der Waals surface area contributed by atoms with E-state index in [1.54, 1.807) is 0 Å². The molecule has 0 saturated carbocycles. The van der Waals surface area contributed by atoms with Crippen LogP contribution in [-0.2, 0) is 47.3 Å². The number of hydrogen-bond acceptors (Lipinski definition) is 0. The zero-order valence-corrected chi connectivity index (χ0v) is 46.9. The van der Waals surface area contributed by atoms with E-state index < -0.39 is 21.7 Å². The van der Waals surface area contributed by atoms with Gasteiger partial charge in [0.15, 0.2) is 0 Å². The third-order valence-corrected chi connectivity index (χ3v) is 20.2. The Labute approximate surface area is 493 Å². The van der Waals surface area contributed by atoms with Crippen LogP contribution in [0, 0.1) is 0 Å². The number of hydrogen-bond donors (Lipinski definition) is 0. The summed E-state index contributed by atoms with van der Waals surface area (Å²) in [6, 6.07) is 122. The molecule has 0 fully saturated rings. The van der Waals surface area contributed by atoms with Crippen molar-refractivity contribution in [2.75, 3.05) is 0 Å². The molecule has 18 rings (SSSR count). The number of rotatable bonds is 8. The highest BCUT2D eigenvalue weighted by Gasteiger charge is 2.63. The standard InChI is InChI=1S/C84H60/c1-9-29-61(30-10-1)81(62-31-11-2-12-32-62)71-47-27-25-45-69(71)77-79(81)73-57-49-53-59(75(73)83(77,65-37-17-5-18-38-65)66-39-19-6-20-40-66)56-52-58-50-54-60(55-51-57)76-74(58)80-78(84(76,67-41-21-7-22-42-67)68-43-23-8-24-44-68)70-46-26-28-48-72(70)82(80,63-33-13-3-14-34-63)64-35-15-4-16-36-64/h1-50,53-54H,51-52,55-56H2. The number of allylic oxidation sites excluding steroid dienone is 4. The van der Waals surface area contributed by atoms with Crippen LogP contribution >= 0.6 is 0 Å². The molecular formula is C84H60. The minimum atomic E-state index is -0.664. The largest absolute Gasteiger partial charge is 0.0719 e. The summed E-state index contributed by atoms with van der Waals surface area (Å²) in [5.74, 6) is 0. The van der Waals surface area contributed by atoms with E-state index in [1.165, 1.54) is 134 Å². The predicted molar refractivity (Wildman–Crippen MR) is 345 cm³/mol. The van der Waals surface area contributed by atoms with E-state index >= 15 is 0 Å². The second kappa shape index (κ2) is 18.8. The first-order chi connectivity index (χ1) is 41.7. The van der Waals surface area contributed by atoms with Gasteiger partial charge in [0, 0.05) is 0 Å². The molecule has 6 aliphatic rings. The molecule has 6 aliphatic carbocycles. The molecule has 0 aromatic heterocycles. The molecule has 0 aliphatic heterocycles. The summed E-state index contributed by atoms with van der Waals surface area (Å²) < 4.78 is 0. The predicted octanol–water partition coefficient (Wildman–Crippen LogP) is 18.8. The molecule has 0 spiro atoms. The maximum Gasteiger partial charge on any atom is 0.0719 e. The third kappa shape index (κ3) is 6.33. The van der Waals surface area contributed by atoms with Gasteiger partial charge in [-0.1, -0.05) is 315 Å². The lowest BCUT2D eigenvalue weighted by Crippen LogP contribution is -2.33. The minimum absolute atomic E-state index is 0.632. The van der Waals surface area contributed by atoms with Gasteiger partial charge < -0.3 is 0 Å². The van der Waals surface area contributed by atoms with E-state index in [0.29, 0.717) is 0 Å². The van der Waals surface area contributed by atoms with E-state index in [2.05, 4.69) is 315 Å². The molecule has 0 atom stereocenters. The van der Waals surface area contributed by atoms with Crippen molar-refractivity contribution in [2.45, 2.75) is 47.3 Å². The Hall–Kier alpha value is -9.88. The molecule has 0 heteroatoms. The second-order valence-corrected chi connectivity index (χ2v) is 23.8. The zero-order valence-electron chi connectivity index (χ0n) is 46.9. The SMILES string of the molecule is c1ccc(C2(c3ccccc3)C3=C(c4ccccc42)C(c2ccccc2)(c2ccccc2)c2c4ccc(c23)CCc2ccc(c3c2C(c2ccccc2)(c2ccccc2)C2=C3C(c3ccccc3)(c3ccccc3)c3ccccc32)CC4)cc1. The highest BCUT2D eigenvalue weighted by Crippen LogP contribution is 2.73. The van der Waals surface area contributed by atoms with Crippen molar-refractivity contribution in [2.24, 2.45) is 0 Å². The van der Waals surface area contributed by atoms with E-state index in [4.69, 9.17) is 0 Å². The van der Waals surface area contributed by atoms with Crippen LogP contribution in [0.25, 0.3) is 22.3 Å². The van der Waals surface area contributed by atoms with E-state index in [0.717, 1.165) is 25.7 Å². The van der Waals surface area contributed by atoms with E-state index in [1.807, 2.05) is 0 Å². The van der Waals surface area contributed by atoms with Crippen molar-refractivity contribution in [1.82, 2.24) is 0 Å². The van der Waals surface area contributed by atoms with Gasteiger partial charge in [-0.3, -0.25) is 0 Å². The van der Waals surface area contributed by atoms with Crippen molar-refractivity contribution in [3.8, 4) is 0 Å². The fourth-order valence-corrected chi connectivity index (χ4v) is 17.3. The lowest BCUT2D eigenvalue weighted by Gasteiger charge is -2.40. The van der Waals surface area contributed by atoms with Crippen molar-refractivity contribution in [3.05, 3.63) is 427 Å².